The fourth-order valence-electron chi connectivity index (χ4n) is 2.61. The van der Waals surface area contributed by atoms with Crippen molar-refractivity contribution in [2.75, 3.05) is 17.1 Å². The van der Waals surface area contributed by atoms with Gasteiger partial charge >= 0.3 is 0 Å². The molecule has 0 radical (unpaired) electrons. The summed E-state index contributed by atoms with van der Waals surface area (Å²) in [5.74, 6) is -0.257. The number of benzene rings is 2. The highest BCUT2D eigenvalue weighted by molar-refractivity contribution is 7.92. The molecule has 1 N–H and O–H groups in total. The largest absolute Gasteiger partial charge is 0.352 e. The maximum absolute atomic E-state index is 12.9. The molecule has 146 valence electrons. The van der Waals surface area contributed by atoms with Crippen LogP contribution in [0.4, 0.5) is 10.1 Å². The van der Waals surface area contributed by atoms with Crippen molar-refractivity contribution in [2.45, 2.75) is 32.7 Å². The van der Waals surface area contributed by atoms with Crippen LogP contribution in [0.15, 0.2) is 48.5 Å². The number of nitrogens with one attached hydrogen (secondary N) is 1. The van der Waals surface area contributed by atoms with Crippen molar-refractivity contribution in [2.24, 2.45) is 0 Å². The third kappa shape index (κ3) is 6.36. The third-order valence-corrected chi connectivity index (χ3v) is 5.39. The summed E-state index contributed by atoms with van der Waals surface area (Å²) < 4.78 is 38.4. The lowest BCUT2D eigenvalue weighted by Crippen LogP contribution is -2.34. The van der Waals surface area contributed by atoms with Crippen LogP contribution in [0.3, 0.4) is 0 Å². The molecule has 0 unspecified atom stereocenters. The van der Waals surface area contributed by atoms with Gasteiger partial charge in [-0.2, -0.15) is 0 Å². The lowest BCUT2D eigenvalue weighted by atomic mass is 10.0. The van der Waals surface area contributed by atoms with E-state index in [9.17, 15) is 17.6 Å². The number of hydrogen-bond donors (Lipinski definition) is 1. The van der Waals surface area contributed by atoms with E-state index < -0.39 is 10.0 Å². The number of halogens is 1. The molecule has 1 amide bonds. The van der Waals surface area contributed by atoms with Gasteiger partial charge in [-0.3, -0.25) is 9.10 Å². The van der Waals surface area contributed by atoms with Crippen LogP contribution in [0.1, 0.15) is 37.3 Å². The highest BCUT2D eigenvalue weighted by Crippen LogP contribution is 2.22. The van der Waals surface area contributed by atoms with Gasteiger partial charge in [0, 0.05) is 19.5 Å². The zero-order valence-corrected chi connectivity index (χ0v) is 16.6. The smallest absolute Gasteiger partial charge is 0.232 e. The molecule has 0 aliphatic rings. The third-order valence-electron chi connectivity index (χ3n) is 4.19. The first-order valence-electron chi connectivity index (χ1n) is 8.75. The number of carbonyl (C=O) groups is 1. The summed E-state index contributed by atoms with van der Waals surface area (Å²) in [5, 5.41) is 2.72. The summed E-state index contributed by atoms with van der Waals surface area (Å²) in [6.07, 6.45) is 1.15. The molecule has 0 aliphatic heterocycles. The zero-order chi connectivity index (χ0) is 20.0. The van der Waals surface area contributed by atoms with E-state index >= 15 is 0 Å². The Kier molecular flexibility index (Phi) is 6.96. The van der Waals surface area contributed by atoms with Crippen LogP contribution in [-0.2, 0) is 21.4 Å². The first-order valence-corrected chi connectivity index (χ1v) is 10.6. The normalized spacial score (nSPS) is 11.4. The van der Waals surface area contributed by atoms with Crippen LogP contribution in [-0.4, -0.2) is 27.1 Å². The molecule has 0 spiro atoms. The highest BCUT2D eigenvalue weighted by Gasteiger charge is 2.18. The molecule has 2 aromatic rings. The summed E-state index contributed by atoms with van der Waals surface area (Å²) in [7, 11) is -3.51. The summed E-state index contributed by atoms with van der Waals surface area (Å²) in [6.45, 7) is 4.44. The Labute approximate surface area is 160 Å². The van der Waals surface area contributed by atoms with Crippen molar-refractivity contribution < 1.29 is 17.6 Å². The second-order valence-corrected chi connectivity index (χ2v) is 8.64. The zero-order valence-electron chi connectivity index (χ0n) is 15.8. The summed E-state index contributed by atoms with van der Waals surface area (Å²) in [5.41, 5.74) is 2.42. The summed E-state index contributed by atoms with van der Waals surface area (Å²) in [6, 6.07) is 13.1. The van der Waals surface area contributed by atoms with Crippen LogP contribution in [0.5, 0.6) is 0 Å². The van der Waals surface area contributed by atoms with E-state index in [0.717, 1.165) is 17.4 Å². The predicted octanol–water partition coefficient (Wildman–Crippen LogP) is 3.42. The number of carbonyl (C=O) groups excluding carboxylic acids is 1. The fourth-order valence-corrected chi connectivity index (χ4v) is 3.53. The number of hydrogen-bond acceptors (Lipinski definition) is 3. The Bertz CT molecular complexity index is 863. The van der Waals surface area contributed by atoms with Gasteiger partial charge in [0.25, 0.3) is 0 Å². The van der Waals surface area contributed by atoms with Gasteiger partial charge < -0.3 is 5.32 Å². The van der Waals surface area contributed by atoms with E-state index in [1.54, 1.807) is 24.3 Å². The van der Waals surface area contributed by atoms with E-state index in [1.165, 1.54) is 16.4 Å². The fraction of sp³-hybridized carbons (Fsp3) is 0.350. The minimum absolute atomic E-state index is 0.0280. The van der Waals surface area contributed by atoms with Gasteiger partial charge in [-0.1, -0.05) is 38.1 Å². The molecule has 2 aromatic carbocycles. The Morgan fingerprint density at radius 2 is 1.67 bits per heavy atom. The van der Waals surface area contributed by atoms with Crippen molar-refractivity contribution in [3.05, 3.63) is 65.5 Å². The second kappa shape index (κ2) is 8.99. The quantitative estimate of drug-likeness (QED) is 0.749. The van der Waals surface area contributed by atoms with Gasteiger partial charge in [-0.15, -0.1) is 0 Å². The second-order valence-electron chi connectivity index (χ2n) is 6.73. The minimum Gasteiger partial charge on any atom is -0.352 e. The van der Waals surface area contributed by atoms with Gasteiger partial charge in [0.1, 0.15) is 5.82 Å². The Morgan fingerprint density at radius 1 is 1.07 bits per heavy atom. The van der Waals surface area contributed by atoms with Crippen molar-refractivity contribution in [3.8, 4) is 0 Å². The van der Waals surface area contributed by atoms with Crippen LogP contribution in [0.25, 0.3) is 0 Å². The summed E-state index contributed by atoms with van der Waals surface area (Å²) >= 11 is 0. The molecular weight excluding hydrogens is 367 g/mol. The van der Waals surface area contributed by atoms with Crippen LogP contribution < -0.4 is 9.62 Å². The van der Waals surface area contributed by atoms with Gasteiger partial charge in [0.05, 0.1) is 11.9 Å². The molecule has 0 fully saturated rings. The number of rotatable bonds is 8. The molecule has 0 aromatic heterocycles. The Hall–Kier alpha value is -2.41. The molecule has 0 bridgehead atoms. The van der Waals surface area contributed by atoms with Crippen LogP contribution >= 0.6 is 0 Å². The predicted molar refractivity (Wildman–Crippen MR) is 106 cm³/mol. The van der Waals surface area contributed by atoms with Crippen molar-refractivity contribution >= 4 is 21.6 Å². The van der Waals surface area contributed by atoms with E-state index in [1.807, 2.05) is 12.1 Å². The molecule has 2 rings (SSSR count). The standard InChI is InChI=1S/C20H25FN2O3S/c1-15(2)17-6-10-19(11-7-17)23(27(3,25)26)13-12-20(24)22-14-16-4-8-18(21)9-5-16/h4-11,15H,12-14H2,1-3H3,(H,22,24). The van der Waals surface area contributed by atoms with E-state index in [-0.39, 0.29) is 31.2 Å². The van der Waals surface area contributed by atoms with Crippen molar-refractivity contribution in [1.82, 2.24) is 5.32 Å². The molecule has 0 atom stereocenters. The Balaban J connectivity index is 1.97. The van der Waals surface area contributed by atoms with Crippen molar-refractivity contribution in [1.29, 1.82) is 0 Å². The van der Waals surface area contributed by atoms with Gasteiger partial charge in [-0.25, -0.2) is 12.8 Å². The topological polar surface area (TPSA) is 66.5 Å². The van der Waals surface area contributed by atoms with Gasteiger partial charge in [0.2, 0.25) is 15.9 Å². The number of amides is 1. The van der Waals surface area contributed by atoms with Gasteiger partial charge in [0.15, 0.2) is 0 Å². The number of sulfonamides is 1. The maximum atomic E-state index is 12.9. The molecule has 0 heterocycles. The summed E-state index contributed by atoms with van der Waals surface area (Å²) in [4.78, 5) is 12.1. The lowest BCUT2D eigenvalue weighted by molar-refractivity contribution is -0.121. The molecule has 0 saturated carbocycles. The number of anilines is 1. The number of nitrogens with zero attached hydrogens (tertiary/aromatic N) is 1. The Morgan fingerprint density at radius 3 is 2.19 bits per heavy atom. The monoisotopic (exact) mass is 392 g/mol. The van der Waals surface area contributed by atoms with Gasteiger partial charge in [-0.05, 0) is 41.3 Å². The van der Waals surface area contributed by atoms with E-state index in [0.29, 0.717) is 11.6 Å². The molecule has 0 aliphatic carbocycles. The average Bonchev–Trinajstić information content (AvgIpc) is 2.60. The molecule has 27 heavy (non-hydrogen) atoms. The molecular formula is C20H25FN2O3S. The minimum atomic E-state index is -3.51. The maximum Gasteiger partial charge on any atom is 0.232 e. The van der Waals surface area contributed by atoms with Crippen molar-refractivity contribution in [3.63, 3.8) is 0 Å². The lowest BCUT2D eigenvalue weighted by Gasteiger charge is -2.22. The highest BCUT2D eigenvalue weighted by atomic mass is 32.2. The van der Waals surface area contributed by atoms with E-state index in [4.69, 9.17) is 0 Å². The SMILES string of the molecule is CC(C)c1ccc(N(CCC(=O)NCc2ccc(F)cc2)S(C)(=O)=O)cc1. The molecule has 7 heteroatoms. The first-order chi connectivity index (χ1) is 12.7. The molecule has 0 saturated heterocycles. The van der Waals surface area contributed by atoms with Crippen LogP contribution in [0, 0.1) is 5.82 Å². The average molecular weight is 392 g/mol. The van der Waals surface area contributed by atoms with E-state index in [2.05, 4.69) is 19.2 Å². The molecule has 5 nitrogen and oxygen atoms in total. The van der Waals surface area contributed by atoms with Crippen LogP contribution in [0.2, 0.25) is 0 Å². The first kappa shape index (κ1) is 20.9.